The quantitative estimate of drug-likeness (QED) is 0.482. The van der Waals surface area contributed by atoms with Crippen LogP contribution in [0.15, 0.2) is 53.7 Å². The summed E-state index contributed by atoms with van der Waals surface area (Å²) in [7, 11) is 1.64. The van der Waals surface area contributed by atoms with E-state index < -0.39 is 0 Å². The van der Waals surface area contributed by atoms with E-state index in [0.29, 0.717) is 24.3 Å². The molecule has 0 radical (unpaired) electrons. The van der Waals surface area contributed by atoms with E-state index in [1.807, 2.05) is 24.3 Å². The molecule has 5 rings (SSSR count). The number of methoxy groups -OCH3 is 1. The van der Waals surface area contributed by atoms with Gasteiger partial charge >= 0.3 is 0 Å². The monoisotopic (exact) mass is 419 g/mol. The molecule has 3 aromatic heterocycles. The summed E-state index contributed by atoms with van der Waals surface area (Å²) >= 11 is 0. The summed E-state index contributed by atoms with van der Waals surface area (Å²) in [6, 6.07) is 11.4. The van der Waals surface area contributed by atoms with Crippen molar-refractivity contribution in [3.8, 4) is 5.75 Å². The van der Waals surface area contributed by atoms with Gasteiger partial charge in [-0.25, -0.2) is 4.98 Å². The maximum atomic E-state index is 13.0. The van der Waals surface area contributed by atoms with Crippen LogP contribution in [0.25, 0.3) is 16.8 Å². The van der Waals surface area contributed by atoms with Crippen LogP contribution >= 0.6 is 0 Å². The van der Waals surface area contributed by atoms with Crippen LogP contribution < -0.4 is 15.2 Å². The fraction of sp³-hybridized carbons (Fsp3) is 0.286. The third-order valence-electron chi connectivity index (χ3n) is 5.63. The number of aromatic nitrogens is 5. The number of carbonyl (C=O) groups excluding carboxylic acids is 1. The van der Waals surface area contributed by atoms with Gasteiger partial charge in [-0.2, -0.15) is 0 Å². The molecule has 1 aromatic carbocycles. The van der Waals surface area contributed by atoms with Crippen LogP contribution in [0, 0.1) is 0 Å². The predicted molar refractivity (Wildman–Crippen MR) is 114 cm³/mol. The summed E-state index contributed by atoms with van der Waals surface area (Å²) in [5.74, 6) is 0.708. The molecule has 1 fully saturated rings. The minimum absolute atomic E-state index is 0.0626. The van der Waals surface area contributed by atoms with E-state index in [1.54, 1.807) is 34.7 Å². The van der Waals surface area contributed by atoms with Gasteiger partial charge in [-0.15, -0.1) is 10.2 Å². The number of fused-ring (bicyclic) bond motifs is 3. The third-order valence-corrected chi connectivity index (χ3v) is 5.63. The lowest BCUT2D eigenvalue weighted by atomic mass is 10.2. The second-order valence-electron chi connectivity index (χ2n) is 7.33. The lowest BCUT2D eigenvalue weighted by Crippen LogP contribution is -2.50. The molecule has 0 saturated carbocycles. The maximum Gasteiger partial charge on any atom is 0.297 e. The Bertz CT molecular complexity index is 1300. The molecule has 0 aliphatic carbocycles. The first kappa shape index (κ1) is 19.0. The Morgan fingerprint density at radius 3 is 2.58 bits per heavy atom. The number of rotatable bonds is 4. The summed E-state index contributed by atoms with van der Waals surface area (Å²) < 4.78 is 8.19. The number of hydrogen-bond acceptors (Lipinski definition) is 7. The Kier molecular flexibility index (Phi) is 4.73. The lowest BCUT2D eigenvalue weighted by molar-refractivity contribution is -0.132. The highest BCUT2D eigenvalue weighted by Gasteiger charge is 2.23. The van der Waals surface area contributed by atoms with Crippen molar-refractivity contribution >= 4 is 28.4 Å². The largest absolute Gasteiger partial charge is 0.497 e. The topological polar surface area (TPSA) is 97.9 Å². The standard InChI is InChI=1S/C21H21N7O3/c1-31-16-6-4-15(5-7-16)25-9-11-26(12-10-25)18(29)13-27-17-3-2-8-22-19(17)28-14-23-24-20(28)21(27)30/h2-8,14H,9-13H2,1H3. The summed E-state index contributed by atoms with van der Waals surface area (Å²) in [4.78, 5) is 34.3. The Labute approximate surface area is 177 Å². The number of ether oxygens (including phenoxy) is 1. The van der Waals surface area contributed by atoms with Crippen LogP contribution in [0.2, 0.25) is 0 Å². The molecule has 4 aromatic rings. The summed E-state index contributed by atoms with van der Waals surface area (Å²) in [6.45, 7) is 2.55. The van der Waals surface area contributed by atoms with Gasteiger partial charge in [0.25, 0.3) is 5.56 Å². The maximum absolute atomic E-state index is 13.0. The molecule has 1 amide bonds. The lowest BCUT2D eigenvalue weighted by Gasteiger charge is -2.36. The molecule has 0 spiro atoms. The molecule has 0 bridgehead atoms. The smallest absolute Gasteiger partial charge is 0.297 e. The number of amides is 1. The first-order valence-corrected chi connectivity index (χ1v) is 10.00. The molecule has 0 N–H and O–H groups in total. The molecule has 1 aliphatic heterocycles. The number of anilines is 1. The molecule has 0 atom stereocenters. The van der Waals surface area contributed by atoms with Crippen molar-refractivity contribution in [2.75, 3.05) is 38.2 Å². The molecule has 1 saturated heterocycles. The van der Waals surface area contributed by atoms with Gasteiger partial charge in [0.05, 0.1) is 12.6 Å². The second-order valence-corrected chi connectivity index (χ2v) is 7.33. The van der Waals surface area contributed by atoms with E-state index in [-0.39, 0.29) is 23.7 Å². The average Bonchev–Trinajstić information content (AvgIpc) is 3.32. The van der Waals surface area contributed by atoms with Gasteiger partial charge in [-0.1, -0.05) is 0 Å². The number of hydrogen-bond donors (Lipinski definition) is 0. The van der Waals surface area contributed by atoms with Crippen molar-refractivity contribution in [3.05, 3.63) is 59.3 Å². The van der Waals surface area contributed by atoms with Crippen molar-refractivity contribution in [3.63, 3.8) is 0 Å². The highest BCUT2D eigenvalue weighted by atomic mass is 16.5. The Morgan fingerprint density at radius 1 is 1.06 bits per heavy atom. The minimum atomic E-state index is -0.358. The molecule has 1 aliphatic rings. The van der Waals surface area contributed by atoms with Crippen LogP contribution in [0.1, 0.15) is 0 Å². The fourth-order valence-corrected chi connectivity index (χ4v) is 3.95. The number of nitrogens with zero attached hydrogens (tertiary/aromatic N) is 7. The van der Waals surface area contributed by atoms with Gasteiger partial charge in [-0.3, -0.25) is 18.6 Å². The van der Waals surface area contributed by atoms with Crippen LogP contribution in [-0.4, -0.2) is 68.2 Å². The summed E-state index contributed by atoms with van der Waals surface area (Å²) in [6.07, 6.45) is 3.09. The Morgan fingerprint density at radius 2 is 1.84 bits per heavy atom. The first-order chi connectivity index (χ1) is 15.2. The van der Waals surface area contributed by atoms with Crippen molar-refractivity contribution in [1.82, 2.24) is 29.0 Å². The van der Waals surface area contributed by atoms with Crippen LogP contribution in [-0.2, 0) is 11.3 Å². The number of piperazine rings is 1. The van der Waals surface area contributed by atoms with Gasteiger partial charge in [0.1, 0.15) is 18.6 Å². The molecular weight excluding hydrogens is 398 g/mol. The van der Waals surface area contributed by atoms with Gasteiger partial charge < -0.3 is 14.5 Å². The van der Waals surface area contributed by atoms with E-state index >= 15 is 0 Å². The van der Waals surface area contributed by atoms with Crippen molar-refractivity contribution in [2.24, 2.45) is 0 Å². The van der Waals surface area contributed by atoms with Crippen LogP contribution in [0.3, 0.4) is 0 Å². The van der Waals surface area contributed by atoms with Crippen molar-refractivity contribution < 1.29 is 9.53 Å². The SMILES string of the molecule is COc1ccc(N2CCN(C(=O)Cn3c(=O)c4nncn4c4ncccc43)CC2)cc1. The van der Waals surface area contributed by atoms with E-state index in [2.05, 4.69) is 20.1 Å². The summed E-state index contributed by atoms with van der Waals surface area (Å²) in [5.41, 5.74) is 2.01. The zero-order valence-corrected chi connectivity index (χ0v) is 17.0. The molecule has 10 nitrogen and oxygen atoms in total. The zero-order chi connectivity index (χ0) is 21.4. The van der Waals surface area contributed by atoms with Crippen molar-refractivity contribution in [1.29, 1.82) is 0 Å². The predicted octanol–water partition coefficient (Wildman–Crippen LogP) is 0.797. The number of benzene rings is 1. The highest BCUT2D eigenvalue weighted by molar-refractivity contribution is 5.80. The molecule has 10 heteroatoms. The van der Waals surface area contributed by atoms with E-state index in [1.165, 1.54) is 10.9 Å². The van der Waals surface area contributed by atoms with Crippen LogP contribution in [0.4, 0.5) is 5.69 Å². The van der Waals surface area contributed by atoms with Gasteiger partial charge in [0.2, 0.25) is 11.6 Å². The Hall–Kier alpha value is -3.95. The van der Waals surface area contributed by atoms with Gasteiger partial charge in [0.15, 0.2) is 5.65 Å². The van der Waals surface area contributed by atoms with E-state index in [0.717, 1.165) is 24.5 Å². The van der Waals surface area contributed by atoms with Crippen LogP contribution in [0.5, 0.6) is 5.75 Å². The van der Waals surface area contributed by atoms with E-state index in [9.17, 15) is 9.59 Å². The molecule has 31 heavy (non-hydrogen) atoms. The highest BCUT2D eigenvalue weighted by Crippen LogP contribution is 2.20. The summed E-state index contributed by atoms with van der Waals surface area (Å²) in [5, 5.41) is 7.73. The van der Waals surface area contributed by atoms with Gasteiger partial charge in [0, 0.05) is 38.1 Å². The molecular formula is C21H21N7O3. The van der Waals surface area contributed by atoms with Gasteiger partial charge in [-0.05, 0) is 36.4 Å². The normalized spacial score (nSPS) is 14.4. The molecule has 158 valence electrons. The molecule has 0 unspecified atom stereocenters. The third kappa shape index (κ3) is 3.35. The first-order valence-electron chi connectivity index (χ1n) is 10.00. The number of carbonyl (C=O) groups is 1. The fourth-order valence-electron chi connectivity index (χ4n) is 3.95. The minimum Gasteiger partial charge on any atom is -0.497 e. The zero-order valence-electron chi connectivity index (χ0n) is 17.0. The van der Waals surface area contributed by atoms with E-state index in [4.69, 9.17) is 4.74 Å². The van der Waals surface area contributed by atoms with Crippen molar-refractivity contribution in [2.45, 2.75) is 6.54 Å². The Balaban J connectivity index is 1.34. The number of pyridine rings is 1. The molecule has 4 heterocycles. The average molecular weight is 419 g/mol. The second kappa shape index (κ2) is 7.71.